The first-order valence-electron chi connectivity index (χ1n) is 7.72. The molecule has 0 aliphatic heterocycles. The van der Waals surface area contributed by atoms with Crippen LogP contribution in [0.25, 0.3) is 0 Å². The summed E-state index contributed by atoms with van der Waals surface area (Å²) < 4.78 is 68.4. The van der Waals surface area contributed by atoms with Gasteiger partial charge in [-0.2, -0.15) is 17.5 Å². The SMILES string of the molecule is COc1ccc(Cl)cc1CN(C)S(=O)(=O)c1ccc(NC(=O)C(F)(F)F)cc1. The molecule has 0 heterocycles. The number of methoxy groups -OCH3 is 1. The zero-order chi connectivity index (χ0) is 21.1. The van der Waals surface area contributed by atoms with E-state index in [2.05, 4.69) is 0 Å². The number of hydrogen-bond acceptors (Lipinski definition) is 4. The molecule has 2 aromatic rings. The van der Waals surface area contributed by atoms with Gasteiger partial charge in [-0.05, 0) is 42.5 Å². The van der Waals surface area contributed by atoms with Gasteiger partial charge in [-0.1, -0.05) is 11.6 Å². The van der Waals surface area contributed by atoms with Crippen molar-refractivity contribution >= 4 is 33.2 Å². The van der Waals surface area contributed by atoms with E-state index >= 15 is 0 Å². The third-order valence-corrected chi connectivity index (χ3v) is 5.77. The maximum Gasteiger partial charge on any atom is 0.471 e. The van der Waals surface area contributed by atoms with Crippen LogP contribution >= 0.6 is 11.6 Å². The lowest BCUT2D eigenvalue weighted by atomic mass is 10.2. The number of carbonyl (C=O) groups excluding carboxylic acids is 1. The molecule has 2 aromatic carbocycles. The maximum atomic E-state index is 12.7. The number of sulfonamides is 1. The van der Waals surface area contributed by atoms with Crippen molar-refractivity contribution in [2.75, 3.05) is 19.5 Å². The number of ether oxygens (including phenoxy) is 1. The van der Waals surface area contributed by atoms with Crippen molar-refractivity contribution in [3.63, 3.8) is 0 Å². The Bertz CT molecular complexity index is 963. The highest BCUT2D eigenvalue weighted by atomic mass is 35.5. The molecule has 0 spiro atoms. The molecule has 0 fully saturated rings. The number of benzene rings is 2. The molecule has 0 atom stereocenters. The van der Waals surface area contributed by atoms with Crippen LogP contribution in [-0.2, 0) is 21.4 Å². The van der Waals surface area contributed by atoms with Crippen LogP contribution in [-0.4, -0.2) is 39.0 Å². The second-order valence-corrected chi connectivity index (χ2v) is 8.17. The standard InChI is InChI=1S/C17H16ClF3N2O4S/c1-23(10-11-9-12(18)3-8-15(11)27-2)28(25,26)14-6-4-13(5-7-14)22-16(24)17(19,20)21/h3-9H,10H2,1-2H3,(H,22,24). The molecule has 0 bridgehead atoms. The Morgan fingerprint density at radius 1 is 1.18 bits per heavy atom. The summed E-state index contributed by atoms with van der Waals surface area (Å²) in [5, 5.41) is 2.06. The number of amides is 1. The van der Waals surface area contributed by atoms with E-state index in [0.717, 1.165) is 28.6 Å². The lowest BCUT2D eigenvalue weighted by Crippen LogP contribution is -2.30. The average molecular weight is 437 g/mol. The first kappa shape index (κ1) is 22.0. The smallest absolute Gasteiger partial charge is 0.471 e. The van der Waals surface area contributed by atoms with Gasteiger partial charge in [-0.15, -0.1) is 0 Å². The van der Waals surface area contributed by atoms with Crippen molar-refractivity contribution in [1.29, 1.82) is 0 Å². The molecule has 28 heavy (non-hydrogen) atoms. The molecule has 2 rings (SSSR count). The van der Waals surface area contributed by atoms with E-state index in [1.165, 1.54) is 14.2 Å². The van der Waals surface area contributed by atoms with E-state index in [4.69, 9.17) is 16.3 Å². The van der Waals surface area contributed by atoms with E-state index in [-0.39, 0.29) is 17.1 Å². The first-order valence-corrected chi connectivity index (χ1v) is 9.54. The molecule has 0 aromatic heterocycles. The topological polar surface area (TPSA) is 75.7 Å². The molecule has 0 saturated carbocycles. The Hall–Kier alpha value is -2.30. The van der Waals surface area contributed by atoms with Crippen LogP contribution in [0.2, 0.25) is 5.02 Å². The minimum absolute atomic E-state index is 0.0430. The predicted molar refractivity (Wildman–Crippen MR) is 97.8 cm³/mol. The number of anilines is 1. The summed E-state index contributed by atoms with van der Waals surface area (Å²) in [6.07, 6.45) is -5.04. The molecule has 6 nitrogen and oxygen atoms in total. The van der Waals surface area contributed by atoms with Gasteiger partial charge in [0.2, 0.25) is 10.0 Å². The largest absolute Gasteiger partial charge is 0.496 e. The maximum absolute atomic E-state index is 12.7. The molecule has 0 aliphatic carbocycles. The van der Waals surface area contributed by atoms with Gasteiger partial charge in [0.25, 0.3) is 0 Å². The zero-order valence-electron chi connectivity index (χ0n) is 14.7. The molecular weight excluding hydrogens is 421 g/mol. The van der Waals surface area contributed by atoms with Crippen LogP contribution in [0.3, 0.4) is 0 Å². The summed E-state index contributed by atoms with van der Waals surface area (Å²) >= 11 is 5.94. The second kappa shape index (κ2) is 8.38. The van der Waals surface area contributed by atoms with E-state index < -0.39 is 22.1 Å². The van der Waals surface area contributed by atoms with Crippen molar-refractivity contribution in [1.82, 2.24) is 4.31 Å². The number of halogens is 4. The Kier molecular flexibility index (Phi) is 6.58. The van der Waals surface area contributed by atoms with Crippen LogP contribution in [0.1, 0.15) is 5.56 Å². The fraction of sp³-hybridized carbons (Fsp3) is 0.235. The summed E-state index contributed by atoms with van der Waals surface area (Å²) in [4.78, 5) is 10.8. The van der Waals surface area contributed by atoms with E-state index in [1.807, 2.05) is 0 Å². The van der Waals surface area contributed by atoms with Crippen LogP contribution in [0.15, 0.2) is 47.4 Å². The Morgan fingerprint density at radius 2 is 1.79 bits per heavy atom. The highest BCUT2D eigenvalue weighted by Crippen LogP contribution is 2.26. The van der Waals surface area contributed by atoms with Crippen molar-refractivity contribution in [3.8, 4) is 5.75 Å². The number of rotatable bonds is 6. The highest BCUT2D eigenvalue weighted by Gasteiger charge is 2.38. The number of alkyl halides is 3. The van der Waals surface area contributed by atoms with Gasteiger partial charge in [0.05, 0.1) is 12.0 Å². The minimum atomic E-state index is -5.04. The number of nitrogens with one attached hydrogen (secondary N) is 1. The predicted octanol–water partition coefficient (Wildman–Crippen LogP) is 3.67. The van der Waals surface area contributed by atoms with Gasteiger partial charge < -0.3 is 10.1 Å². The van der Waals surface area contributed by atoms with Gasteiger partial charge >= 0.3 is 12.1 Å². The lowest BCUT2D eigenvalue weighted by molar-refractivity contribution is -0.167. The van der Waals surface area contributed by atoms with Crippen LogP contribution in [0, 0.1) is 0 Å². The molecule has 0 radical (unpaired) electrons. The van der Waals surface area contributed by atoms with E-state index in [0.29, 0.717) is 16.3 Å². The van der Waals surface area contributed by atoms with Gasteiger partial charge in [-0.25, -0.2) is 8.42 Å². The molecule has 1 N–H and O–H groups in total. The highest BCUT2D eigenvalue weighted by molar-refractivity contribution is 7.89. The van der Waals surface area contributed by atoms with Gasteiger partial charge in [0.1, 0.15) is 5.75 Å². The zero-order valence-corrected chi connectivity index (χ0v) is 16.3. The van der Waals surface area contributed by atoms with E-state index in [1.54, 1.807) is 23.5 Å². The summed E-state index contributed by atoms with van der Waals surface area (Å²) in [6, 6.07) is 9.14. The van der Waals surface area contributed by atoms with Gasteiger partial charge in [-0.3, -0.25) is 4.79 Å². The molecule has 152 valence electrons. The van der Waals surface area contributed by atoms with E-state index in [9.17, 15) is 26.4 Å². The summed E-state index contributed by atoms with van der Waals surface area (Å²) in [5.74, 6) is -1.69. The Morgan fingerprint density at radius 3 is 2.32 bits per heavy atom. The van der Waals surface area contributed by atoms with Crippen LogP contribution in [0.4, 0.5) is 18.9 Å². The minimum Gasteiger partial charge on any atom is -0.496 e. The van der Waals surface area contributed by atoms with Crippen molar-refractivity contribution < 1.29 is 31.1 Å². The Labute approximate surface area is 164 Å². The van der Waals surface area contributed by atoms with Crippen molar-refractivity contribution in [2.24, 2.45) is 0 Å². The number of carbonyl (C=O) groups is 1. The second-order valence-electron chi connectivity index (χ2n) is 5.69. The summed E-state index contributed by atoms with van der Waals surface area (Å²) in [7, 11) is -1.17. The summed E-state index contributed by atoms with van der Waals surface area (Å²) in [5.41, 5.74) is 0.357. The fourth-order valence-electron chi connectivity index (χ4n) is 2.29. The van der Waals surface area contributed by atoms with Gasteiger partial charge in [0, 0.05) is 29.9 Å². The van der Waals surface area contributed by atoms with Crippen molar-refractivity contribution in [3.05, 3.63) is 53.1 Å². The number of hydrogen-bond donors (Lipinski definition) is 1. The molecule has 0 saturated heterocycles. The van der Waals surface area contributed by atoms with Crippen molar-refractivity contribution in [2.45, 2.75) is 17.6 Å². The molecule has 11 heteroatoms. The normalized spacial score (nSPS) is 12.1. The molecule has 0 aliphatic rings. The summed E-state index contributed by atoms with van der Waals surface area (Å²) in [6.45, 7) is -0.0430. The fourth-order valence-corrected chi connectivity index (χ4v) is 3.63. The third kappa shape index (κ3) is 5.15. The molecular formula is C17H16ClF3N2O4S. The molecule has 1 amide bonds. The first-order chi connectivity index (χ1) is 12.9. The Balaban J connectivity index is 2.20. The van der Waals surface area contributed by atoms with Crippen LogP contribution < -0.4 is 10.1 Å². The average Bonchev–Trinajstić information content (AvgIpc) is 2.61. The monoisotopic (exact) mass is 436 g/mol. The van der Waals surface area contributed by atoms with Gasteiger partial charge in [0.15, 0.2) is 0 Å². The quantitative estimate of drug-likeness (QED) is 0.749. The molecule has 0 unspecified atom stereocenters. The third-order valence-electron chi connectivity index (χ3n) is 3.71. The van der Waals surface area contributed by atoms with Crippen LogP contribution in [0.5, 0.6) is 5.75 Å². The number of nitrogens with zero attached hydrogens (tertiary/aromatic N) is 1. The lowest BCUT2D eigenvalue weighted by Gasteiger charge is -2.19.